The Morgan fingerprint density at radius 3 is 2.42 bits per heavy atom. The molecule has 1 aliphatic rings. The Kier molecular flexibility index (Phi) is 10.1. The molecule has 0 saturated carbocycles. The van der Waals surface area contributed by atoms with Gasteiger partial charge in [0.2, 0.25) is 5.90 Å². The average Bonchev–Trinajstić information content (AvgIpc) is 3.39. The number of hydrazine groups is 1. The fourth-order valence-electron chi connectivity index (χ4n) is 4.42. The SMILES string of the molecule is COc1cccc([C@@H]2OC(c3ccc(OCCCO)cc3)=N[C@]2(Cc2ccccc2)C(=O)NNC(CO)CO)c1. The maximum atomic E-state index is 14.0. The van der Waals surface area contributed by atoms with E-state index in [0.29, 0.717) is 35.7 Å². The van der Waals surface area contributed by atoms with Crippen molar-refractivity contribution in [3.8, 4) is 11.5 Å². The maximum Gasteiger partial charge on any atom is 0.266 e. The molecule has 0 aromatic heterocycles. The van der Waals surface area contributed by atoms with E-state index in [1.807, 2.05) is 54.6 Å². The Bertz CT molecular complexity index is 1270. The van der Waals surface area contributed by atoms with Gasteiger partial charge in [0, 0.05) is 25.0 Å². The number of benzene rings is 3. The fraction of sp³-hybridized carbons (Fsp3) is 0.333. The number of rotatable bonds is 14. The maximum absolute atomic E-state index is 14.0. The molecule has 0 unspecified atom stereocenters. The van der Waals surface area contributed by atoms with Crippen LogP contribution in [0.4, 0.5) is 0 Å². The first kappa shape index (κ1) is 29.0. The van der Waals surface area contributed by atoms with Crippen LogP contribution in [0.25, 0.3) is 0 Å². The monoisotopic (exact) mass is 549 g/mol. The summed E-state index contributed by atoms with van der Waals surface area (Å²) in [6.45, 7) is -0.313. The first-order valence-corrected chi connectivity index (χ1v) is 13.1. The topological polar surface area (TPSA) is 142 Å². The highest BCUT2D eigenvalue weighted by atomic mass is 16.5. The molecule has 1 aliphatic heterocycles. The van der Waals surface area contributed by atoms with Gasteiger partial charge in [0.05, 0.1) is 33.0 Å². The van der Waals surface area contributed by atoms with Crippen LogP contribution in [0.15, 0.2) is 83.9 Å². The molecule has 1 amide bonds. The van der Waals surface area contributed by atoms with Crippen LogP contribution in [-0.2, 0) is 16.0 Å². The first-order chi connectivity index (χ1) is 19.5. The van der Waals surface area contributed by atoms with Crippen molar-refractivity contribution in [1.29, 1.82) is 0 Å². The molecule has 0 fully saturated rings. The Morgan fingerprint density at radius 1 is 1.00 bits per heavy atom. The smallest absolute Gasteiger partial charge is 0.266 e. The number of hydrogen-bond acceptors (Lipinski definition) is 9. The summed E-state index contributed by atoms with van der Waals surface area (Å²) in [7, 11) is 1.57. The standard InChI is InChI=1S/C30H35N3O7/c1-38-26-10-5-9-23(17-26)27-30(18-21-7-3-2-4-8-21,29(37)33-32-24(19-35)20-36)31-28(40-27)22-11-13-25(14-12-22)39-16-6-15-34/h2-5,7-14,17,24,27,32,34-36H,6,15-16,18-20H2,1H3,(H,33,37)/t27-,30-/m0/s1. The second kappa shape index (κ2) is 13.9. The molecule has 0 bridgehead atoms. The van der Waals surface area contributed by atoms with E-state index in [1.54, 1.807) is 31.4 Å². The second-order valence-corrected chi connectivity index (χ2v) is 9.39. The van der Waals surface area contributed by atoms with Crippen LogP contribution in [0.5, 0.6) is 11.5 Å². The van der Waals surface area contributed by atoms with Gasteiger partial charge in [0.15, 0.2) is 11.6 Å². The minimum atomic E-state index is -1.46. The molecule has 0 saturated heterocycles. The van der Waals surface area contributed by atoms with Crippen LogP contribution in [0.2, 0.25) is 0 Å². The molecule has 10 nitrogen and oxygen atoms in total. The lowest BCUT2D eigenvalue weighted by molar-refractivity contribution is -0.130. The van der Waals surface area contributed by atoms with Gasteiger partial charge in [-0.25, -0.2) is 10.4 Å². The molecule has 0 aliphatic carbocycles. The van der Waals surface area contributed by atoms with E-state index in [1.165, 1.54) is 0 Å². The van der Waals surface area contributed by atoms with Crippen LogP contribution < -0.4 is 20.3 Å². The third-order valence-corrected chi connectivity index (χ3v) is 6.57. The van der Waals surface area contributed by atoms with Crippen molar-refractivity contribution in [3.05, 3.63) is 95.6 Å². The van der Waals surface area contributed by atoms with E-state index in [2.05, 4.69) is 10.9 Å². The van der Waals surface area contributed by atoms with Crippen molar-refractivity contribution in [2.75, 3.05) is 33.5 Å². The quantitative estimate of drug-likeness (QED) is 0.152. The minimum Gasteiger partial charge on any atom is -0.497 e. The average molecular weight is 550 g/mol. The summed E-state index contributed by atoms with van der Waals surface area (Å²) in [5.74, 6) is 1.03. The van der Waals surface area contributed by atoms with E-state index < -0.39 is 23.6 Å². The highest BCUT2D eigenvalue weighted by molar-refractivity contribution is 6.01. The normalized spacial score (nSPS) is 18.2. The van der Waals surface area contributed by atoms with Crippen molar-refractivity contribution in [2.24, 2.45) is 4.99 Å². The summed E-state index contributed by atoms with van der Waals surface area (Å²) in [6.07, 6.45) is -0.0992. The summed E-state index contributed by atoms with van der Waals surface area (Å²) in [5.41, 5.74) is 6.12. The van der Waals surface area contributed by atoms with Gasteiger partial charge < -0.3 is 29.5 Å². The predicted octanol–water partition coefficient (Wildman–Crippen LogP) is 1.93. The first-order valence-electron chi connectivity index (χ1n) is 13.1. The van der Waals surface area contributed by atoms with Crippen molar-refractivity contribution in [3.63, 3.8) is 0 Å². The molecule has 0 radical (unpaired) electrons. The predicted molar refractivity (Wildman–Crippen MR) is 149 cm³/mol. The van der Waals surface area contributed by atoms with Gasteiger partial charge in [-0.15, -0.1) is 0 Å². The van der Waals surface area contributed by atoms with Crippen LogP contribution >= 0.6 is 0 Å². The number of aliphatic hydroxyl groups is 3. The molecule has 3 aromatic rings. The fourth-order valence-corrected chi connectivity index (χ4v) is 4.42. The number of carbonyl (C=O) groups is 1. The third-order valence-electron chi connectivity index (χ3n) is 6.57. The van der Waals surface area contributed by atoms with Crippen LogP contribution in [0.1, 0.15) is 29.2 Å². The van der Waals surface area contributed by atoms with E-state index in [4.69, 9.17) is 24.3 Å². The molecular weight excluding hydrogens is 514 g/mol. The van der Waals surface area contributed by atoms with E-state index in [9.17, 15) is 15.0 Å². The van der Waals surface area contributed by atoms with Crippen LogP contribution in [0, 0.1) is 0 Å². The van der Waals surface area contributed by atoms with Crippen molar-refractivity contribution in [1.82, 2.24) is 10.9 Å². The zero-order valence-electron chi connectivity index (χ0n) is 22.3. The molecule has 212 valence electrons. The number of methoxy groups -OCH3 is 1. The Hall–Kier alpha value is -3.96. The van der Waals surface area contributed by atoms with Gasteiger partial charge in [-0.1, -0.05) is 42.5 Å². The van der Waals surface area contributed by atoms with Crippen molar-refractivity contribution < 1.29 is 34.3 Å². The summed E-state index contributed by atoms with van der Waals surface area (Å²) in [6, 6.07) is 23.2. The number of hydrogen-bond donors (Lipinski definition) is 5. The third kappa shape index (κ3) is 6.78. The largest absolute Gasteiger partial charge is 0.497 e. The van der Waals surface area contributed by atoms with Gasteiger partial charge in [-0.05, 0) is 47.5 Å². The Morgan fingerprint density at radius 2 is 1.75 bits per heavy atom. The molecule has 4 rings (SSSR count). The highest BCUT2D eigenvalue weighted by Crippen LogP contribution is 2.43. The molecule has 3 aromatic carbocycles. The molecule has 1 heterocycles. The van der Waals surface area contributed by atoms with E-state index >= 15 is 0 Å². The molecule has 10 heteroatoms. The summed E-state index contributed by atoms with van der Waals surface area (Å²) in [4.78, 5) is 19.0. The summed E-state index contributed by atoms with van der Waals surface area (Å²) in [5, 5.41) is 28.0. The molecular formula is C30H35N3O7. The Labute approximate surface area is 233 Å². The van der Waals surface area contributed by atoms with Crippen molar-refractivity contribution >= 4 is 11.8 Å². The van der Waals surface area contributed by atoms with Crippen molar-refractivity contribution in [2.45, 2.75) is 30.5 Å². The molecule has 5 N–H and O–H groups in total. The number of nitrogens with one attached hydrogen (secondary N) is 2. The van der Waals surface area contributed by atoms with Gasteiger partial charge in [-0.2, -0.15) is 0 Å². The zero-order chi connectivity index (χ0) is 28.4. The Balaban J connectivity index is 1.77. The lowest BCUT2D eigenvalue weighted by Gasteiger charge is -2.31. The number of nitrogens with zero attached hydrogens (tertiary/aromatic N) is 1. The molecule has 40 heavy (non-hydrogen) atoms. The zero-order valence-corrected chi connectivity index (χ0v) is 22.3. The number of carbonyl (C=O) groups excluding carboxylic acids is 1. The second-order valence-electron chi connectivity index (χ2n) is 9.39. The highest BCUT2D eigenvalue weighted by Gasteiger charge is 2.53. The van der Waals surface area contributed by atoms with E-state index in [0.717, 1.165) is 5.56 Å². The van der Waals surface area contributed by atoms with E-state index in [-0.39, 0.29) is 32.1 Å². The summed E-state index contributed by atoms with van der Waals surface area (Å²) >= 11 is 0. The number of ether oxygens (including phenoxy) is 3. The summed E-state index contributed by atoms with van der Waals surface area (Å²) < 4.78 is 17.6. The molecule has 2 atom stereocenters. The van der Waals surface area contributed by atoms with Gasteiger partial charge >= 0.3 is 0 Å². The number of amides is 1. The minimum absolute atomic E-state index is 0.0478. The van der Waals surface area contributed by atoms with Gasteiger partial charge in [0.25, 0.3) is 5.91 Å². The number of aliphatic hydroxyl groups excluding tert-OH is 3. The van der Waals surface area contributed by atoms with Gasteiger partial charge in [-0.3, -0.25) is 10.2 Å². The van der Waals surface area contributed by atoms with Crippen LogP contribution in [0.3, 0.4) is 0 Å². The van der Waals surface area contributed by atoms with Gasteiger partial charge in [0.1, 0.15) is 11.5 Å². The van der Waals surface area contributed by atoms with Crippen LogP contribution in [-0.4, -0.2) is 72.2 Å². The molecule has 0 spiro atoms. The lowest BCUT2D eigenvalue weighted by Crippen LogP contribution is -2.57. The lowest BCUT2D eigenvalue weighted by atomic mass is 9.82. The number of aliphatic imine (C=N–C) groups is 1.